The number of amides is 5. The Morgan fingerprint density at radius 3 is 1.91 bits per heavy atom. The van der Waals surface area contributed by atoms with E-state index in [2.05, 4.69) is 21.3 Å². The van der Waals surface area contributed by atoms with Gasteiger partial charge in [0.15, 0.2) is 12.2 Å². The van der Waals surface area contributed by atoms with E-state index in [1.54, 1.807) is 56.3 Å². The second-order valence-corrected chi connectivity index (χ2v) is 14.3. The van der Waals surface area contributed by atoms with Crippen LogP contribution in [-0.2, 0) is 30.3 Å². The molecule has 56 heavy (non-hydrogen) atoms. The quantitative estimate of drug-likeness (QED) is 0.0849. The van der Waals surface area contributed by atoms with Gasteiger partial charge in [-0.25, -0.2) is 4.79 Å². The molecule has 5 amide bonds. The van der Waals surface area contributed by atoms with Crippen LogP contribution in [0.1, 0.15) is 61.5 Å². The van der Waals surface area contributed by atoms with Gasteiger partial charge in [-0.2, -0.15) is 0 Å². The van der Waals surface area contributed by atoms with Crippen LogP contribution in [0, 0.1) is 11.8 Å². The largest absolute Gasteiger partial charge is 0.457 e. The van der Waals surface area contributed by atoms with E-state index in [0.717, 1.165) is 0 Å². The summed E-state index contributed by atoms with van der Waals surface area (Å²) in [4.78, 5) is 64.2. The number of benzene rings is 3. The normalized spacial score (nSPS) is 14.0. The Balaban J connectivity index is 0.00000784. The molecule has 14 nitrogen and oxygen atoms in total. The monoisotopic (exact) mass is 819 g/mol. The molecule has 0 aliphatic rings. The van der Waals surface area contributed by atoms with Gasteiger partial charge in [0.25, 0.3) is 11.8 Å². The lowest BCUT2D eigenvalue weighted by molar-refractivity contribution is -0.142. The average molecular weight is 821 g/mol. The number of para-hydroxylation sites is 1. The van der Waals surface area contributed by atoms with Crippen LogP contribution in [-0.4, -0.2) is 76.4 Å². The van der Waals surface area contributed by atoms with E-state index in [4.69, 9.17) is 38.4 Å². The number of aliphatic hydroxyl groups excluding tert-OH is 2. The number of carbonyl (C=O) groups excluding carboxylic acids is 5. The molecule has 3 rings (SSSR count). The SMILES string of the molecule is C.C.CC(C)CC(NC(=O)C(C)NC(=O)C(O)C(O)C(Cc1ccc(Cl)c(Cl)c1)NC(=O)C(OC(=O)Nc1ccc(Oc2ccccc2)cc1)C(C)C)C(N)=O. The van der Waals surface area contributed by atoms with Gasteiger partial charge in [-0.05, 0) is 85.7 Å². The predicted molar refractivity (Wildman–Crippen MR) is 217 cm³/mol. The second kappa shape index (κ2) is 23.2. The van der Waals surface area contributed by atoms with Crippen LogP contribution in [0.5, 0.6) is 11.5 Å². The summed E-state index contributed by atoms with van der Waals surface area (Å²) in [6.07, 6.45) is -6.33. The molecule has 0 saturated heterocycles. The molecule has 0 bridgehead atoms. The van der Waals surface area contributed by atoms with Crippen LogP contribution < -0.4 is 31.7 Å². The number of aliphatic hydroxyl groups is 2. The average Bonchev–Trinajstić information content (AvgIpc) is 3.11. The first-order chi connectivity index (χ1) is 25.4. The minimum absolute atomic E-state index is 0. The van der Waals surface area contributed by atoms with Crippen LogP contribution in [0.25, 0.3) is 0 Å². The number of hydrogen-bond donors (Lipinski definition) is 7. The summed E-state index contributed by atoms with van der Waals surface area (Å²) in [6, 6.07) is 16.6. The van der Waals surface area contributed by atoms with E-state index >= 15 is 0 Å². The molecule has 0 saturated carbocycles. The Labute approximate surface area is 338 Å². The maximum Gasteiger partial charge on any atom is 0.412 e. The molecule has 0 heterocycles. The molecular formula is C40H55Cl2N5O9. The number of ether oxygens (including phenoxy) is 2. The number of primary amides is 1. The summed E-state index contributed by atoms with van der Waals surface area (Å²) in [5.74, 6) is -2.86. The lowest BCUT2D eigenvalue weighted by Crippen LogP contribution is -2.58. The van der Waals surface area contributed by atoms with E-state index in [1.807, 2.05) is 32.0 Å². The summed E-state index contributed by atoms with van der Waals surface area (Å²) in [6.45, 7) is 8.27. The molecular weight excluding hydrogens is 765 g/mol. The fourth-order valence-electron chi connectivity index (χ4n) is 5.18. The smallest absolute Gasteiger partial charge is 0.412 e. The molecule has 308 valence electrons. The van der Waals surface area contributed by atoms with Gasteiger partial charge >= 0.3 is 6.09 Å². The van der Waals surface area contributed by atoms with Gasteiger partial charge in [0, 0.05) is 5.69 Å². The number of carbonyl (C=O) groups is 5. The van der Waals surface area contributed by atoms with Crippen molar-refractivity contribution in [3.63, 3.8) is 0 Å². The molecule has 0 aromatic heterocycles. The molecule has 16 heteroatoms. The summed E-state index contributed by atoms with van der Waals surface area (Å²) in [5.41, 5.74) is 6.23. The molecule has 6 unspecified atom stereocenters. The van der Waals surface area contributed by atoms with Gasteiger partial charge in [0.05, 0.1) is 16.1 Å². The molecule has 0 fully saturated rings. The van der Waals surface area contributed by atoms with E-state index in [0.29, 0.717) is 22.7 Å². The van der Waals surface area contributed by atoms with Crippen molar-refractivity contribution in [1.82, 2.24) is 16.0 Å². The molecule has 0 aliphatic heterocycles. The lowest BCUT2D eigenvalue weighted by Gasteiger charge is -2.30. The van der Waals surface area contributed by atoms with Crippen LogP contribution in [0.15, 0.2) is 72.8 Å². The number of nitrogens with two attached hydrogens (primary N) is 1. The number of rotatable bonds is 18. The summed E-state index contributed by atoms with van der Waals surface area (Å²) in [7, 11) is 0. The Hall–Kier alpha value is -4.89. The fourth-order valence-corrected chi connectivity index (χ4v) is 5.50. The minimum Gasteiger partial charge on any atom is -0.457 e. The Morgan fingerprint density at radius 1 is 0.750 bits per heavy atom. The van der Waals surface area contributed by atoms with E-state index < -0.39 is 72.1 Å². The maximum atomic E-state index is 13.6. The number of halogens is 2. The van der Waals surface area contributed by atoms with Gasteiger partial charge in [-0.1, -0.05) is 90.0 Å². The van der Waals surface area contributed by atoms with Gasteiger partial charge in [0.2, 0.25) is 11.8 Å². The van der Waals surface area contributed by atoms with Crippen molar-refractivity contribution in [2.45, 2.75) is 98.8 Å². The molecule has 8 N–H and O–H groups in total. The van der Waals surface area contributed by atoms with Crippen molar-refractivity contribution < 1.29 is 43.7 Å². The predicted octanol–water partition coefficient (Wildman–Crippen LogP) is 5.60. The van der Waals surface area contributed by atoms with Gasteiger partial charge in [-0.3, -0.25) is 24.5 Å². The number of anilines is 1. The first-order valence-electron chi connectivity index (χ1n) is 17.3. The topological polar surface area (TPSA) is 218 Å². The number of hydrogen-bond acceptors (Lipinski definition) is 9. The third-order valence-corrected chi connectivity index (χ3v) is 8.81. The zero-order chi connectivity index (χ0) is 40.1. The van der Waals surface area contributed by atoms with Gasteiger partial charge in [-0.15, -0.1) is 0 Å². The first-order valence-corrected chi connectivity index (χ1v) is 18.0. The highest BCUT2D eigenvalue weighted by Gasteiger charge is 2.37. The van der Waals surface area contributed by atoms with E-state index in [-0.39, 0.29) is 43.7 Å². The second-order valence-electron chi connectivity index (χ2n) is 13.5. The van der Waals surface area contributed by atoms with Crippen molar-refractivity contribution >= 4 is 58.6 Å². The van der Waals surface area contributed by atoms with Crippen LogP contribution in [0.4, 0.5) is 10.5 Å². The van der Waals surface area contributed by atoms with Crippen molar-refractivity contribution in [1.29, 1.82) is 0 Å². The summed E-state index contributed by atoms with van der Waals surface area (Å²) >= 11 is 12.3. The van der Waals surface area contributed by atoms with Crippen LogP contribution in [0.2, 0.25) is 10.0 Å². The third-order valence-electron chi connectivity index (χ3n) is 8.07. The minimum atomic E-state index is -2.16. The zero-order valence-corrected chi connectivity index (χ0v) is 32.1. The highest BCUT2D eigenvalue weighted by Crippen LogP contribution is 2.25. The summed E-state index contributed by atoms with van der Waals surface area (Å²) < 4.78 is 11.3. The highest BCUT2D eigenvalue weighted by molar-refractivity contribution is 6.42. The van der Waals surface area contributed by atoms with E-state index in [1.165, 1.54) is 19.1 Å². The van der Waals surface area contributed by atoms with Crippen LogP contribution in [0.3, 0.4) is 0 Å². The van der Waals surface area contributed by atoms with Crippen LogP contribution >= 0.6 is 23.2 Å². The third kappa shape index (κ3) is 15.3. The van der Waals surface area contributed by atoms with Crippen molar-refractivity contribution in [2.75, 3.05) is 5.32 Å². The Bertz CT molecular complexity index is 1750. The zero-order valence-electron chi connectivity index (χ0n) is 30.5. The Kier molecular flexibility index (Phi) is 20.4. The molecule has 0 spiro atoms. The van der Waals surface area contributed by atoms with Crippen molar-refractivity contribution in [3.8, 4) is 11.5 Å². The molecule has 3 aromatic carbocycles. The first kappa shape index (κ1) is 49.1. The van der Waals surface area contributed by atoms with Crippen molar-refractivity contribution in [2.24, 2.45) is 17.6 Å². The van der Waals surface area contributed by atoms with Crippen molar-refractivity contribution in [3.05, 3.63) is 88.4 Å². The van der Waals surface area contributed by atoms with Gasteiger partial charge < -0.3 is 41.4 Å². The lowest BCUT2D eigenvalue weighted by atomic mass is 9.96. The highest BCUT2D eigenvalue weighted by atomic mass is 35.5. The summed E-state index contributed by atoms with van der Waals surface area (Å²) in [5, 5.41) is 32.6. The maximum absolute atomic E-state index is 13.6. The molecule has 0 radical (unpaired) electrons. The Morgan fingerprint density at radius 2 is 1.36 bits per heavy atom. The fraction of sp³-hybridized carbons (Fsp3) is 0.425. The molecule has 0 aliphatic carbocycles. The van der Waals surface area contributed by atoms with Gasteiger partial charge in [0.1, 0.15) is 29.7 Å². The van der Waals surface area contributed by atoms with E-state index in [9.17, 15) is 34.2 Å². The number of nitrogens with one attached hydrogen (secondary N) is 4. The standard InChI is InChI=1S/C38H47Cl2N5O9.2CH4/c1-20(2)17-30(34(41)48)45-35(49)22(5)42-36(50)32(47)31(46)29(19-23-11-16-27(39)28(40)18-23)44-37(51)33(21(3)4)54-38(52)43-24-12-14-26(15-13-24)53-25-9-7-6-8-10-25;;/h6-16,18,20-22,29-33,46-47H,17,19H2,1-5H3,(H2,41,48)(H,42,50)(H,43,52)(H,44,51)(H,45,49);2*1H4. The molecule has 3 aromatic rings. The molecule has 6 atom stereocenters.